The molecule has 0 aliphatic carbocycles. The Morgan fingerprint density at radius 2 is 2.25 bits per heavy atom. The monoisotopic (exact) mass is 227 g/mol. The largest absolute Gasteiger partial charge is 0.481 e. The average molecular weight is 227 g/mol. The zero-order valence-electron chi connectivity index (χ0n) is 9.63. The van der Waals surface area contributed by atoms with Gasteiger partial charge in [-0.2, -0.15) is 0 Å². The number of hydrogen-bond donors (Lipinski definition) is 1. The fourth-order valence-electron chi connectivity index (χ4n) is 1.28. The molecule has 0 fully saturated rings. The van der Waals surface area contributed by atoms with Crippen LogP contribution in [-0.4, -0.2) is 56.8 Å². The minimum absolute atomic E-state index is 0.146. The zero-order valence-corrected chi connectivity index (χ0v) is 9.63. The van der Waals surface area contributed by atoms with Crippen LogP contribution in [0.3, 0.4) is 0 Å². The van der Waals surface area contributed by atoms with Crippen molar-refractivity contribution >= 4 is 5.97 Å². The molecule has 16 heavy (non-hydrogen) atoms. The van der Waals surface area contributed by atoms with Crippen molar-refractivity contribution in [2.45, 2.75) is 25.8 Å². The molecule has 7 heteroatoms. The number of rotatable bonds is 7. The van der Waals surface area contributed by atoms with Gasteiger partial charge in [0.15, 0.2) is 5.82 Å². The van der Waals surface area contributed by atoms with Crippen molar-refractivity contribution in [3.8, 4) is 0 Å². The van der Waals surface area contributed by atoms with E-state index in [1.54, 1.807) is 4.68 Å². The molecule has 0 bridgehead atoms. The number of carboxylic acids is 1. The summed E-state index contributed by atoms with van der Waals surface area (Å²) in [6.45, 7) is 1.43. The number of aliphatic carboxylic acids is 1. The van der Waals surface area contributed by atoms with Crippen molar-refractivity contribution in [3.05, 3.63) is 5.82 Å². The van der Waals surface area contributed by atoms with Crippen molar-refractivity contribution in [2.24, 2.45) is 0 Å². The average Bonchev–Trinajstić information content (AvgIpc) is 2.62. The first-order valence-electron chi connectivity index (χ1n) is 5.21. The molecule has 1 N–H and O–H groups in total. The molecule has 0 saturated carbocycles. The molecule has 0 radical (unpaired) electrons. The van der Waals surface area contributed by atoms with E-state index in [4.69, 9.17) is 5.11 Å². The van der Waals surface area contributed by atoms with Gasteiger partial charge in [0.25, 0.3) is 0 Å². The number of aromatic nitrogens is 4. The van der Waals surface area contributed by atoms with Crippen molar-refractivity contribution in [3.63, 3.8) is 0 Å². The Hall–Kier alpha value is -1.50. The molecule has 1 rings (SSSR count). The summed E-state index contributed by atoms with van der Waals surface area (Å²) in [5, 5.41) is 19.9. The first kappa shape index (κ1) is 12.6. The fraction of sp³-hybridized carbons (Fsp3) is 0.778. The molecule has 1 aromatic heterocycles. The van der Waals surface area contributed by atoms with E-state index < -0.39 is 5.97 Å². The third-order valence-corrected chi connectivity index (χ3v) is 2.15. The maximum absolute atomic E-state index is 10.4. The van der Waals surface area contributed by atoms with Gasteiger partial charge >= 0.3 is 5.97 Å². The van der Waals surface area contributed by atoms with Crippen LogP contribution in [0.5, 0.6) is 0 Å². The first-order valence-corrected chi connectivity index (χ1v) is 5.21. The summed E-state index contributed by atoms with van der Waals surface area (Å²) < 4.78 is 1.67. The standard InChI is InChI=1S/C9H17N5O2/c1-13(2)7-5-8-10-11-12-14(8)6-3-4-9(15)16/h3-7H2,1-2H3,(H,15,16). The molecule has 0 saturated heterocycles. The van der Waals surface area contributed by atoms with Gasteiger partial charge in [-0.3, -0.25) is 4.79 Å². The van der Waals surface area contributed by atoms with Gasteiger partial charge in [0, 0.05) is 25.9 Å². The first-order chi connectivity index (χ1) is 7.59. The number of nitrogens with zero attached hydrogens (tertiary/aromatic N) is 5. The Kier molecular flexibility index (Phi) is 4.84. The smallest absolute Gasteiger partial charge is 0.303 e. The van der Waals surface area contributed by atoms with E-state index in [1.165, 1.54) is 0 Å². The van der Waals surface area contributed by atoms with Gasteiger partial charge in [-0.05, 0) is 30.9 Å². The highest BCUT2D eigenvalue weighted by Gasteiger charge is 2.06. The van der Waals surface area contributed by atoms with E-state index >= 15 is 0 Å². The second kappa shape index (κ2) is 6.16. The van der Waals surface area contributed by atoms with Crippen LogP contribution in [0.25, 0.3) is 0 Å². The summed E-state index contributed by atoms with van der Waals surface area (Å²) in [6.07, 6.45) is 1.47. The van der Waals surface area contributed by atoms with E-state index in [1.807, 2.05) is 14.1 Å². The fourth-order valence-corrected chi connectivity index (χ4v) is 1.28. The van der Waals surface area contributed by atoms with E-state index in [9.17, 15) is 4.79 Å². The second-order valence-corrected chi connectivity index (χ2v) is 3.87. The Morgan fingerprint density at radius 1 is 1.50 bits per heavy atom. The molecule has 0 unspecified atom stereocenters. The number of likely N-dealkylation sites (N-methyl/N-ethyl adjacent to an activating group) is 1. The SMILES string of the molecule is CN(C)CCc1nnnn1CCCC(=O)O. The summed E-state index contributed by atoms with van der Waals surface area (Å²) in [4.78, 5) is 12.4. The predicted molar refractivity (Wildman–Crippen MR) is 56.9 cm³/mol. The molecule has 0 spiro atoms. The molecule has 90 valence electrons. The van der Waals surface area contributed by atoms with E-state index in [0.717, 1.165) is 18.8 Å². The molecular weight excluding hydrogens is 210 g/mol. The molecule has 0 amide bonds. The molecule has 7 nitrogen and oxygen atoms in total. The summed E-state index contributed by atoms with van der Waals surface area (Å²) in [5.41, 5.74) is 0. The molecule has 1 heterocycles. The Morgan fingerprint density at radius 3 is 2.88 bits per heavy atom. The summed E-state index contributed by atoms with van der Waals surface area (Å²) in [5.74, 6) is 0.0157. The minimum Gasteiger partial charge on any atom is -0.481 e. The van der Waals surface area contributed by atoms with Gasteiger partial charge in [-0.25, -0.2) is 4.68 Å². The van der Waals surface area contributed by atoms with Gasteiger partial charge in [0.2, 0.25) is 0 Å². The maximum atomic E-state index is 10.4. The van der Waals surface area contributed by atoms with Crippen molar-refractivity contribution < 1.29 is 9.90 Å². The quantitative estimate of drug-likeness (QED) is 0.685. The van der Waals surface area contributed by atoms with Crippen LogP contribution in [-0.2, 0) is 17.8 Å². The predicted octanol–water partition coefficient (Wildman–Crippen LogP) is -0.358. The number of carbonyl (C=O) groups is 1. The van der Waals surface area contributed by atoms with E-state index in [-0.39, 0.29) is 6.42 Å². The molecule has 0 aliphatic rings. The van der Waals surface area contributed by atoms with Crippen LogP contribution in [0.1, 0.15) is 18.7 Å². The van der Waals surface area contributed by atoms with Gasteiger partial charge < -0.3 is 10.0 Å². The lowest BCUT2D eigenvalue weighted by Gasteiger charge is -2.08. The Balaban J connectivity index is 2.40. The Bertz CT molecular complexity index is 336. The normalized spacial score (nSPS) is 10.9. The number of tetrazole rings is 1. The number of carboxylic acid groups (broad SMARTS) is 1. The highest BCUT2D eigenvalue weighted by molar-refractivity contribution is 5.66. The highest BCUT2D eigenvalue weighted by atomic mass is 16.4. The van der Waals surface area contributed by atoms with Gasteiger partial charge in [-0.15, -0.1) is 5.10 Å². The van der Waals surface area contributed by atoms with Crippen LogP contribution in [0.15, 0.2) is 0 Å². The molecule has 0 aliphatic heterocycles. The van der Waals surface area contributed by atoms with Crippen molar-refractivity contribution in [2.75, 3.05) is 20.6 Å². The Labute approximate surface area is 94.0 Å². The van der Waals surface area contributed by atoms with Gasteiger partial charge in [0.05, 0.1) is 0 Å². The lowest BCUT2D eigenvalue weighted by Crippen LogP contribution is -2.18. The van der Waals surface area contributed by atoms with Crippen LogP contribution >= 0.6 is 0 Å². The summed E-state index contributed by atoms with van der Waals surface area (Å²) >= 11 is 0. The summed E-state index contributed by atoms with van der Waals surface area (Å²) in [6, 6.07) is 0. The van der Waals surface area contributed by atoms with Gasteiger partial charge in [-0.1, -0.05) is 0 Å². The number of aryl methyl sites for hydroxylation is 1. The third-order valence-electron chi connectivity index (χ3n) is 2.15. The topological polar surface area (TPSA) is 84.1 Å². The molecule has 0 atom stereocenters. The van der Waals surface area contributed by atoms with Crippen molar-refractivity contribution in [1.29, 1.82) is 0 Å². The van der Waals surface area contributed by atoms with Crippen LogP contribution in [0.2, 0.25) is 0 Å². The molecule has 1 aromatic rings. The molecule has 0 aromatic carbocycles. The van der Waals surface area contributed by atoms with Gasteiger partial charge in [0.1, 0.15) is 0 Å². The van der Waals surface area contributed by atoms with Crippen LogP contribution in [0, 0.1) is 0 Å². The number of hydrogen-bond acceptors (Lipinski definition) is 5. The summed E-state index contributed by atoms with van der Waals surface area (Å²) in [7, 11) is 3.97. The van der Waals surface area contributed by atoms with E-state index in [0.29, 0.717) is 13.0 Å². The lowest BCUT2D eigenvalue weighted by molar-refractivity contribution is -0.137. The maximum Gasteiger partial charge on any atom is 0.303 e. The van der Waals surface area contributed by atoms with Crippen LogP contribution in [0.4, 0.5) is 0 Å². The van der Waals surface area contributed by atoms with Crippen LogP contribution < -0.4 is 0 Å². The lowest BCUT2D eigenvalue weighted by atomic mass is 10.3. The van der Waals surface area contributed by atoms with E-state index in [2.05, 4.69) is 20.4 Å². The van der Waals surface area contributed by atoms with Crippen molar-refractivity contribution in [1.82, 2.24) is 25.1 Å². The zero-order chi connectivity index (χ0) is 12.0. The minimum atomic E-state index is -0.789. The molecular formula is C9H17N5O2. The second-order valence-electron chi connectivity index (χ2n) is 3.87. The highest BCUT2D eigenvalue weighted by Crippen LogP contribution is 1.99. The third kappa shape index (κ3) is 4.35.